The monoisotopic (exact) mass is 374 g/mol. The second-order valence-corrected chi connectivity index (χ2v) is 7.26. The third kappa shape index (κ3) is 3.39. The van der Waals surface area contributed by atoms with Crippen molar-refractivity contribution in [3.63, 3.8) is 0 Å². The topological polar surface area (TPSA) is 43.4 Å². The van der Waals surface area contributed by atoms with Gasteiger partial charge in [0, 0.05) is 16.7 Å². The lowest BCUT2D eigenvalue weighted by Gasteiger charge is -2.19. The lowest BCUT2D eigenvalue weighted by atomic mass is 9.96. The van der Waals surface area contributed by atoms with E-state index in [-0.39, 0.29) is 22.5 Å². The summed E-state index contributed by atoms with van der Waals surface area (Å²) >= 11 is 0. The SMILES string of the molecule is CC(C)(C)C(=O)OC1=C(c2ccccc2C(F)(F)F)C(=O)c2ccccc21. The molecule has 0 aromatic heterocycles. The lowest BCUT2D eigenvalue weighted by molar-refractivity contribution is -0.145. The fraction of sp³-hybridized carbons (Fsp3) is 0.238. The molecule has 0 amide bonds. The van der Waals surface area contributed by atoms with Crippen LogP contribution in [0.2, 0.25) is 0 Å². The molecular weight excluding hydrogens is 357 g/mol. The molecule has 1 aliphatic rings. The Balaban J connectivity index is 2.26. The molecule has 0 spiro atoms. The van der Waals surface area contributed by atoms with Crippen LogP contribution in [0.5, 0.6) is 0 Å². The number of ketones is 1. The number of hydrogen-bond acceptors (Lipinski definition) is 3. The summed E-state index contributed by atoms with van der Waals surface area (Å²) in [5.74, 6) is -1.37. The summed E-state index contributed by atoms with van der Waals surface area (Å²) in [6, 6.07) is 11.1. The number of Topliss-reactive ketones (excluding diaryl/α,β-unsaturated/α-hetero) is 1. The number of allylic oxidation sites excluding steroid dienone is 1. The van der Waals surface area contributed by atoms with Crippen LogP contribution in [0.3, 0.4) is 0 Å². The zero-order valence-electron chi connectivity index (χ0n) is 15.0. The van der Waals surface area contributed by atoms with E-state index < -0.39 is 28.9 Å². The molecule has 6 heteroatoms. The van der Waals surface area contributed by atoms with Crippen molar-refractivity contribution >= 4 is 23.1 Å². The molecule has 1 aliphatic carbocycles. The van der Waals surface area contributed by atoms with Gasteiger partial charge in [-0.15, -0.1) is 0 Å². The Morgan fingerprint density at radius 3 is 1.93 bits per heavy atom. The van der Waals surface area contributed by atoms with Crippen LogP contribution in [-0.4, -0.2) is 11.8 Å². The Hall–Kier alpha value is -2.89. The fourth-order valence-electron chi connectivity index (χ4n) is 2.80. The molecule has 27 heavy (non-hydrogen) atoms. The van der Waals surface area contributed by atoms with Crippen molar-refractivity contribution in [3.05, 3.63) is 70.8 Å². The minimum absolute atomic E-state index is 0.132. The second-order valence-electron chi connectivity index (χ2n) is 7.26. The summed E-state index contributed by atoms with van der Waals surface area (Å²) in [6.45, 7) is 4.88. The molecule has 0 bridgehead atoms. The number of fused-ring (bicyclic) bond motifs is 1. The van der Waals surface area contributed by atoms with Gasteiger partial charge in [0.1, 0.15) is 0 Å². The highest BCUT2D eigenvalue weighted by Gasteiger charge is 2.40. The van der Waals surface area contributed by atoms with Crippen molar-refractivity contribution in [2.45, 2.75) is 26.9 Å². The molecule has 0 aliphatic heterocycles. The molecule has 0 saturated heterocycles. The van der Waals surface area contributed by atoms with Crippen molar-refractivity contribution in [3.8, 4) is 0 Å². The predicted octanol–water partition coefficient (Wildman–Crippen LogP) is 5.36. The van der Waals surface area contributed by atoms with Gasteiger partial charge in [0.25, 0.3) is 0 Å². The normalized spacial score (nSPS) is 14.4. The quantitative estimate of drug-likeness (QED) is 0.665. The molecule has 2 aromatic carbocycles. The number of rotatable bonds is 2. The Bertz CT molecular complexity index is 963. The van der Waals surface area contributed by atoms with Crippen molar-refractivity contribution in [1.29, 1.82) is 0 Å². The van der Waals surface area contributed by atoms with Crippen molar-refractivity contribution in [2.75, 3.05) is 0 Å². The minimum atomic E-state index is -4.65. The van der Waals surface area contributed by atoms with E-state index in [1.807, 2.05) is 0 Å². The van der Waals surface area contributed by atoms with Crippen LogP contribution < -0.4 is 0 Å². The van der Waals surface area contributed by atoms with Crippen LogP contribution in [0.1, 0.15) is 47.8 Å². The van der Waals surface area contributed by atoms with E-state index in [0.29, 0.717) is 5.56 Å². The molecule has 2 aromatic rings. The van der Waals surface area contributed by atoms with Gasteiger partial charge in [0.2, 0.25) is 0 Å². The number of ether oxygens (including phenoxy) is 1. The van der Waals surface area contributed by atoms with Crippen molar-refractivity contribution in [2.24, 2.45) is 5.41 Å². The third-order valence-corrected chi connectivity index (χ3v) is 4.18. The van der Waals surface area contributed by atoms with Gasteiger partial charge in [-0.2, -0.15) is 13.2 Å². The van der Waals surface area contributed by atoms with E-state index in [4.69, 9.17) is 4.74 Å². The Labute approximate surface area is 154 Å². The average Bonchev–Trinajstić information content (AvgIpc) is 2.86. The van der Waals surface area contributed by atoms with E-state index in [9.17, 15) is 22.8 Å². The summed E-state index contributed by atoms with van der Waals surface area (Å²) in [6.07, 6.45) is -4.65. The summed E-state index contributed by atoms with van der Waals surface area (Å²) < 4.78 is 45.9. The molecule has 0 heterocycles. The largest absolute Gasteiger partial charge is 0.425 e. The number of hydrogen-bond donors (Lipinski definition) is 0. The highest BCUT2D eigenvalue weighted by atomic mass is 19.4. The van der Waals surface area contributed by atoms with Crippen LogP contribution in [0.4, 0.5) is 13.2 Å². The van der Waals surface area contributed by atoms with Crippen LogP contribution >= 0.6 is 0 Å². The zero-order valence-corrected chi connectivity index (χ0v) is 15.0. The Morgan fingerprint density at radius 1 is 0.852 bits per heavy atom. The number of halogens is 3. The standard InChI is InChI=1S/C21H17F3O3/c1-20(2,3)19(26)27-18-13-9-5-4-8-12(13)17(25)16(18)14-10-6-7-11-15(14)21(22,23)24/h4-11H,1-3H3. The fourth-order valence-corrected chi connectivity index (χ4v) is 2.80. The van der Waals surface area contributed by atoms with Gasteiger partial charge in [0.15, 0.2) is 11.5 Å². The van der Waals surface area contributed by atoms with Gasteiger partial charge >= 0.3 is 12.1 Å². The summed E-state index contributed by atoms with van der Waals surface area (Å²) in [7, 11) is 0. The van der Waals surface area contributed by atoms with Crippen LogP contribution in [0.25, 0.3) is 11.3 Å². The van der Waals surface area contributed by atoms with Gasteiger partial charge in [-0.25, -0.2) is 0 Å². The average molecular weight is 374 g/mol. The second kappa shape index (κ2) is 6.37. The zero-order chi connectivity index (χ0) is 20.0. The maximum atomic E-state index is 13.5. The summed E-state index contributed by atoms with van der Waals surface area (Å²) in [5, 5.41) is 0. The molecule has 0 unspecified atom stereocenters. The van der Waals surface area contributed by atoms with Gasteiger partial charge in [-0.3, -0.25) is 9.59 Å². The minimum Gasteiger partial charge on any atom is -0.425 e. The van der Waals surface area contributed by atoms with Gasteiger partial charge < -0.3 is 4.74 Å². The molecule has 0 N–H and O–H groups in total. The molecule has 0 radical (unpaired) electrons. The first kappa shape index (κ1) is 18.9. The summed E-state index contributed by atoms with van der Waals surface area (Å²) in [5.41, 5.74) is -1.87. The number of carbonyl (C=O) groups is 2. The van der Waals surface area contributed by atoms with E-state index in [1.165, 1.54) is 24.3 Å². The number of alkyl halides is 3. The first-order valence-corrected chi connectivity index (χ1v) is 8.29. The third-order valence-electron chi connectivity index (χ3n) is 4.18. The van der Waals surface area contributed by atoms with E-state index in [1.54, 1.807) is 39.0 Å². The first-order valence-electron chi connectivity index (χ1n) is 8.29. The lowest BCUT2D eigenvalue weighted by Crippen LogP contribution is -2.22. The maximum Gasteiger partial charge on any atom is 0.417 e. The molecular formula is C21H17F3O3. The molecule has 0 fully saturated rings. The predicted molar refractivity (Wildman–Crippen MR) is 94.6 cm³/mol. The number of esters is 1. The van der Waals surface area contributed by atoms with E-state index >= 15 is 0 Å². The maximum absolute atomic E-state index is 13.5. The van der Waals surface area contributed by atoms with Crippen LogP contribution in [0.15, 0.2) is 48.5 Å². The van der Waals surface area contributed by atoms with Crippen LogP contribution in [0, 0.1) is 5.41 Å². The molecule has 3 nitrogen and oxygen atoms in total. The molecule has 0 atom stereocenters. The summed E-state index contributed by atoms with van der Waals surface area (Å²) in [4.78, 5) is 25.3. The molecule has 0 saturated carbocycles. The first-order chi connectivity index (χ1) is 12.5. The molecule has 3 rings (SSSR count). The van der Waals surface area contributed by atoms with E-state index in [2.05, 4.69) is 0 Å². The number of carbonyl (C=O) groups excluding carboxylic acids is 2. The Morgan fingerprint density at radius 2 is 1.37 bits per heavy atom. The highest BCUT2D eigenvalue weighted by Crippen LogP contribution is 2.44. The highest BCUT2D eigenvalue weighted by molar-refractivity contribution is 6.39. The van der Waals surface area contributed by atoms with Crippen molar-refractivity contribution in [1.82, 2.24) is 0 Å². The number of benzene rings is 2. The van der Waals surface area contributed by atoms with Gasteiger partial charge in [-0.05, 0) is 26.8 Å². The Kier molecular flexibility index (Phi) is 4.46. The van der Waals surface area contributed by atoms with E-state index in [0.717, 1.165) is 6.07 Å². The van der Waals surface area contributed by atoms with Crippen LogP contribution in [-0.2, 0) is 15.7 Å². The smallest absolute Gasteiger partial charge is 0.417 e. The van der Waals surface area contributed by atoms with Crippen molar-refractivity contribution < 1.29 is 27.5 Å². The molecule has 140 valence electrons. The van der Waals surface area contributed by atoms with Gasteiger partial charge in [0.05, 0.1) is 16.6 Å². The van der Waals surface area contributed by atoms with Gasteiger partial charge in [-0.1, -0.05) is 42.5 Å².